The van der Waals surface area contributed by atoms with Gasteiger partial charge in [-0.15, -0.1) is 0 Å². The van der Waals surface area contributed by atoms with Crippen LogP contribution in [0.3, 0.4) is 0 Å². The summed E-state index contributed by atoms with van der Waals surface area (Å²) in [5.41, 5.74) is 10.4. The molecular weight excluding hydrogens is 170 g/mol. The lowest BCUT2D eigenvalue weighted by Gasteiger charge is -2.15. The zero-order chi connectivity index (χ0) is 10.2. The molecule has 0 atom stereocenters. The van der Waals surface area contributed by atoms with E-state index in [1.165, 1.54) is 29.5 Å². The van der Waals surface area contributed by atoms with Gasteiger partial charge in [0.15, 0.2) is 0 Å². The van der Waals surface area contributed by atoms with E-state index in [1.54, 1.807) is 0 Å². The maximum atomic E-state index is 5.67. The SMILES string of the molecule is Cc1cc(C)cc(C2(CCN)CC2)c1. The van der Waals surface area contributed by atoms with Crippen LogP contribution in [0.1, 0.15) is 36.0 Å². The number of aryl methyl sites for hydroxylation is 2. The fraction of sp³-hybridized carbons (Fsp3) is 0.538. The maximum Gasteiger partial charge on any atom is -0.00342 e. The molecule has 1 nitrogen and oxygen atoms in total. The van der Waals surface area contributed by atoms with Crippen LogP contribution in [0.25, 0.3) is 0 Å². The summed E-state index contributed by atoms with van der Waals surface area (Å²) in [6.07, 6.45) is 3.80. The second-order valence-corrected chi connectivity index (χ2v) is 4.70. The van der Waals surface area contributed by atoms with Gasteiger partial charge in [-0.2, -0.15) is 0 Å². The van der Waals surface area contributed by atoms with Crippen molar-refractivity contribution in [2.75, 3.05) is 6.54 Å². The lowest BCUT2D eigenvalue weighted by molar-refractivity contribution is 0.628. The molecule has 1 aromatic carbocycles. The molecule has 0 saturated heterocycles. The molecule has 1 fully saturated rings. The van der Waals surface area contributed by atoms with Gasteiger partial charge in [0, 0.05) is 0 Å². The topological polar surface area (TPSA) is 26.0 Å². The zero-order valence-electron chi connectivity index (χ0n) is 9.14. The monoisotopic (exact) mass is 189 g/mol. The molecule has 1 aliphatic carbocycles. The van der Waals surface area contributed by atoms with Crippen molar-refractivity contribution in [3.63, 3.8) is 0 Å². The summed E-state index contributed by atoms with van der Waals surface area (Å²) in [6.45, 7) is 5.16. The van der Waals surface area contributed by atoms with E-state index >= 15 is 0 Å². The molecule has 0 unspecified atom stereocenters. The number of nitrogens with two attached hydrogens (primary N) is 1. The van der Waals surface area contributed by atoms with Gasteiger partial charge in [0.05, 0.1) is 0 Å². The summed E-state index contributed by atoms with van der Waals surface area (Å²) in [7, 11) is 0. The molecule has 2 rings (SSSR count). The Morgan fingerprint density at radius 1 is 1.14 bits per heavy atom. The Kier molecular flexibility index (Phi) is 2.36. The van der Waals surface area contributed by atoms with Gasteiger partial charge in [0.1, 0.15) is 0 Å². The van der Waals surface area contributed by atoms with E-state index in [1.807, 2.05) is 0 Å². The third kappa shape index (κ3) is 1.69. The quantitative estimate of drug-likeness (QED) is 0.777. The molecule has 1 saturated carbocycles. The number of hydrogen-bond acceptors (Lipinski definition) is 1. The van der Waals surface area contributed by atoms with Crippen LogP contribution in [0, 0.1) is 13.8 Å². The molecule has 0 spiro atoms. The van der Waals surface area contributed by atoms with Crippen molar-refractivity contribution in [3.8, 4) is 0 Å². The molecule has 0 amide bonds. The van der Waals surface area contributed by atoms with Crippen LogP contribution >= 0.6 is 0 Å². The number of hydrogen-bond donors (Lipinski definition) is 1. The lowest BCUT2D eigenvalue weighted by Crippen LogP contribution is -2.13. The minimum Gasteiger partial charge on any atom is -0.330 e. The largest absolute Gasteiger partial charge is 0.330 e. The van der Waals surface area contributed by atoms with Gasteiger partial charge in [0.2, 0.25) is 0 Å². The average molecular weight is 189 g/mol. The summed E-state index contributed by atoms with van der Waals surface area (Å²) in [5, 5.41) is 0. The smallest absolute Gasteiger partial charge is 0.00342 e. The highest BCUT2D eigenvalue weighted by Crippen LogP contribution is 2.50. The van der Waals surface area contributed by atoms with Gasteiger partial charge in [-0.3, -0.25) is 0 Å². The summed E-state index contributed by atoms with van der Waals surface area (Å²) >= 11 is 0. The highest BCUT2D eigenvalue weighted by Gasteiger charge is 2.43. The molecule has 1 heteroatoms. The van der Waals surface area contributed by atoms with Crippen molar-refractivity contribution >= 4 is 0 Å². The second kappa shape index (κ2) is 3.39. The highest BCUT2D eigenvalue weighted by molar-refractivity contribution is 5.37. The first-order valence-electron chi connectivity index (χ1n) is 5.45. The molecule has 14 heavy (non-hydrogen) atoms. The van der Waals surface area contributed by atoms with Crippen molar-refractivity contribution < 1.29 is 0 Å². The van der Waals surface area contributed by atoms with Crippen LogP contribution in [-0.4, -0.2) is 6.54 Å². The first-order chi connectivity index (χ1) is 6.66. The average Bonchev–Trinajstić information content (AvgIpc) is 2.84. The van der Waals surface area contributed by atoms with E-state index in [-0.39, 0.29) is 0 Å². The van der Waals surface area contributed by atoms with Crippen molar-refractivity contribution in [2.45, 2.75) is 38.5 Å². The minimum absolute atomic E-state index is 0.450. The standard InChI is InChI=1S/C13H19N/c1-10-7-11(2)9-12(8-10)13(3-4-13)5-6-14/h7-9H,3-6,14H2,1-2H3. The van der Waals surface area contributed by atoms with Crippen LogP contribution in [0.15, 0.2) is 18.2 Å². The van der Waals surface area contributed by atoms with E-state index in [0.717, 1.165) is 13.0 Å². The maximum absolute atomic E-state index is 5.67. The van der Waals surface area contributed by atoms with E-state index in [9.17, 15) is 0 Å². The first kappa shape index (κ1) is 9.72. The minimum atomic E-state index is 0.450. The lowest BCUT2D eigenvalue weighted by atomic mass is 9.90. The molecule has 1 aromatic rings. The van der Waals surface area contributed by atoms with Crippen molar-refractivity contribution in [1.29, 1.82) is 0 Å². The highest BCUT2D eigenvalue weighted by atomic mass is 14.6. The van der Waals surface area contributed by atoms with Crippen LogP contribution in [0.4, 0.5) is 0 Å². The molecule has 1 aliphatic rings. The van der Waals surface area contributed by atoms with Crippen molar-refractivity contribution in [1.82, 2.24) is 0 Å². The second-order valence-electron chi connectivity index (χ2n) is 4.70. The van der Waals surface area contributed by atoms with Gasteiger partial charge in [-0.25, -0.2) is 0 Å². The van der Waals surface area contributed by atoms with Gasteiger partial charge in [-0.05, 0) is 50.6 Å². The fourth-order valence-corrected chi connectivity index (χ4v) is 2.39. The molecular formula is C13H19N. The Balaban J connectivity index is 2.32. The Morgan fingerprint density at radius 3 is 2.14 bits per heavy atom. The van der Waals surface area contributed by atoms with E-state index in [2.05, 4.69) is 32.0 Å². The predicted molar refractivity (Wildman–Crippen MR) is 60.5 cm³/mol. The van der Waals surface area contributed by atoms with E-state index in [4.69, 9.17) is 5.73 Å². The van der Waals surface area contributed by atoms with Crippen LogP contribution in [-0.2, 0) is 5.41 Å². The van der Waals surface area contributed by atoms with Crippen molar-refractivity contribution in [3.05, 3.63) is 34.9 Å². The zero-order valence-corrected chi connectivity index (χ0v) is 9.14. The molecule has 0 radical (unpaired) electrons. The molecule has 2 N–H and O–H groups in total. The third-order valence-electron chi connectivity index (χ3n) is 3.31. The van der Waals surface area contributed by atoms with Crippen LogP contribution < -0.4 is 5.73 Å². The van der Waals surface area contributed by atoms with Crippen LogP contribution in [0.5, 0.6) is 0 Å². The predicted octanol–water partition coefficient (Wildman–Crippen LogP) is 2.68. The van der Waals surface area contributed by atoms with Crippen LogP contribution in [0.2, 0.25) is 0 Å². The Labute approximate surface area is 86.3 Å². The number of rotatable bonds is 3. The Morgan fingerprint density at radius 2 is 1.71 bits per heavy atom. The number of benzene rings is 1. The fourth-order valence-electron chi connectivity index (χ4n) is 2.39. The molecule has 0 aliphatic heterocycles. The summed E-state index contributed by atoms with van der Waals surface area (Å²) in [4.78, 5) is 0. The summed E-state index contributed by atoms with van der Waals surface area (Å²) in [6, 6.07) is 6.90. The molecule has 76 valence electrons. The van der Waals surface area contributed by atoms with Crippen molar-refractivity contribution in [2.24, 2.45) is 5.73 Å². The Bertz CT molecular complexity index is 317. The Hall–Kier alpha value is -0.820. The van der Waals surface area contributed by atoms with Gasteiger partial charge in [0.25, 0.3) is 0 Å². The van der Waals surface area contributed by atoms with Gasteiger partial charge >= 0.3 is 0 Å². The third-order valence-corrected chi connectivity index (χ3v) is 3.31. The van der Waals surface area contributed by atoms with E-state index < -0.39 is 0 Å². The summed E-state index contributed by atoms with van der Waals surface area (Å²) < 4.78 is 0. The van der Waals surface area contributed by atoms with E-state index in [0.29, 0.717) is 5.41 Å². The van der Waals surface area contributed by atoms with Gasteiger partial charge in [-0.1, -0.05) is 29.3 Å². The normalized spacial score (nSPS) is 18.2. The summed E-state index contributed by atoms with van der Waals surface area (Å²) in [5.74, 6) is 0. The van der Waals surface area contributed by atoms with Gasteiger partial charge < -0.3 is 5.73 Å². The molecule has 0 bridgehead atoms. The molecule has 0 aromatic heterocycles. The molecule has 0 heterocycles. The first-order valence-corrected chi connectivity index (χ1v) is 5.45.